The summed E-state index contributed by atoms with van der Waals surface area (Å²) in [5.41, 5.74) is 14.3. The molecule has 16 rings (SSSR count). The number of aromatic nitrogens is 4. The van der Waals surface area contributed by atoms with Crippen molar-refractivity contribution in [2.45, 2.75) is 94.8 Å². The van der Waals surface area contributed by atoms with Gasteiger partial charge in [0.2, 0.25) is 0 Å². The zero-order valence-corrected chi connectivity index (χ0v) is 37.9. The van der Waals surface area contributed by atoms with E-state index in [2.05, 4.69) is 133 Å². The molecule has 8 aliphatic carbocycles. The Balaban J connectivity index is 0.881. The van der Waals surface area contributed by atoms with Crippen LogP contribution in [0.5, 0.6) is 0 Å². The van der Waals surface area contributed by atoms with Gasteiger partial charge in [-0.05, 0) is 195 Å². The lowest BCUT2D eigenvalue weighted by Gasteiger charge is -2.57. The van der Waals surface area contributed by atoms with Gasteiger partial charge in [-0.25, -0.2) is 15.0 Å². The predicted octanol–water partition coefficient (Wildman–Crippen LogP) is 14.8. The van der Waals surface area contributed by atoms with Crippen LogP contribution < -0.4 is 0 Å². The van der Waals surface area contributed by atoms with Crippen molar-refractivity contribution in [3.8, 4) is 57.0 Å². The van der Waals surface area contributed by atoms with Crippen LogP contribution in [0.1, 0.15) is 99.3 Å². The highest BCUT2D eigenvalue weighted by atomic mass is 15.0. The average Bonchev–Trinajstić information content (AvgIpc) is 3.66. The Kier molecular flexibility index (Phi) is 8.57. The molecule has 8 aromatic rings. The predicted molar refractivity (Wildman–Crippen MR) is 265 cm³/mol. The molecule has 8 aliphatic rings. The van der Waals surface area contributed by atoms with E-state index >= 15 is 0 Å². The Hall–Kier alpha value is -6.38. The number of nitriles is 1. The molecule has 8 bridgehead atoms. The van der Waals surface area contributed by atoms with E-state index in [-0.39, 0.29) is 0 Å². The molecule has 0 spiro atoms. The lowest BCUT2D eigenvalue weighted by atomic mass is 9.47. The summed E-state index contributed by atoms with van der Waals surface area (Å²) in [6, 6.07) is 50.9. The average molecular weight is 858 g/mol. The topological polar surface area (TPSA) is 67.4 Å². The largest absolute Gasteiger partial charge is 0.309 e. The van der Waals surface area contributed by atoms with E-state index in [0.29, 0.717) is 33.9 Å². The number of hydrogen-bond donors (Lipinski definition) is 0. The quantitative estimate of drug-likeness (QED) is 0.160. The van der Waals surface area contributed by atoms with Crippen LogP contribution in [0.15, 0.2) is 133 Å². The maximum atomic E-state index is 9.91. The fourth-order valence-electron chi connectivity index (χ4n) is 16.0. The SMILES string of the molecule is Cc1cc(-c2cccc(-c3nc(-c4ccc(C56C[C@H]7C[C@@H](C5)C[C@@H](C6)C7)cc4)nc(-c4ccc5c6ccc(C#N)cc6n(-c6ccccc6)c5c4)n3)c2)ccc1C12C[C@H]3C[C@@H](C1)C[C@@H](C2)C3. The van der Waals surface area contributed by atoms with Gasteiger partial charge < -0.3 is 4.57 Å². The molecule has 2 heterocycles. The summed E-state index contributed by atoms with van der Waals surface area (Å²) in [6.07, 6.45) is 16.9. The van der Waals surface area contributed by atoms with Crippen LogP contribution in [0.3, 0.4) is 0 Å². The fourth-order valence-corrected chi connectivity index (χ4v) is 16.0. The summed E-state index contributed by atoms with van der Waals surface area (Å²) in [5.74, 6) is 7.48. The van der Waals surface area contributed by atoms with Gasteiger partial charge in [-0.1, -0.05) is 97.1 Å². The molecule has 0 saturated heterocycles. The minimum atomic E-state index is 0.329. The molecular formula is C61H55N5. The van der Waals surface area contributed by atoms with Gasteiger partial charge in [0.05, 0.1) is 22.7 Å². The normalized spacial score (nSPS) is 28.1. The third-order valence-corrected chi connectivity index (χ3v) is 17.9. The van der Waals surface area contributed by atoms with E-state index in [1.807, 2.05) is 18.2 Å². The van der Waals surface area contributed by atoms with Crippen molar-refractivity contribution in [3.05, 3.63) is 156 Å². The van der Waals surface area contributed by atoms with Gasteiger partial charge in [-0.15, -0.1) is 0 Å². The molecule has 6 aromatic carbocycles. The smallest absolute Gasteiger partial charge is 0.164 e. The summed E-state index contributed by atoms with van der Waals surface area (Å²) >= 11 is 0. The van der Waals surface area contributed by atoms with E-state index in [9.17, 15) is 5.26 Å². The maximum Gasteiger partial charge on any atom is 0.164 e. The van der Waals surface area contributed by atoms with Gasteiger partial charge >= 0.3 is 0 Å². The molecule has 2 aromatic heterocycles. The minimum absolute atomic E-state index is 0.329. The number of para-hydroxylation sites is 1. The first kappa shape index (κ1) is 38.8. The second-order valence-corrected chi connectivity index (χ2v) is 22.1. The number of fused-ring (bicyclic) bond motifs is 3. The third kappa shape index (κ3) is 6.20. The standard InChI is InChI=1S/C61H55N5/c1-37-20-47(14-19-54(37)61-33-42-24-43(34-61)26-44(25-42)35-61)46-6-5-7-48(28-46)58-63-57(45-11-15-50(16-12-45)60-30-39-21-40(31-60)23-41(22-39)32-60)64-59(65-58)49-13-18-53-52-17-10-38(36-62)27-55(52)66(56(53)29-49)51-8-3-2-4-9-51/h2-20,27-29,39-44H,21-26,30-35H2,1H3/t39-,40+,41-,42-,43+,44-,60?,61?. The molecule has 0 amide bonds. The van der Waals surface area contributed by atoms with Gasteiger partial charge in [-0.3, -0.25) is 0 Å². The molecule has 324 valence electrons. The summed E-state index contributed by atoms with van der Waals surface area (Å²) < 4.78 is 2.27. The Bertz CT molecular complexity index is 3220. The van der Waals surface area contributed by atoms with Gasteiger partial charge in [0, 0.05) is 33.2 Å². The Morgan fingerprint density at radius 2 is 0.970 bits per heavy atom. The van der Waals surface area contributed by atoms with Crippen LogP contribution in [-0.4, -0.2) is 19.5 Å². The van der Waals surface area contributed by atoms with Crippen molar-refractivity contribution in [3.63, 3.8) is 0 Å². The van der Waals surface area contributed by atoms with E-state index in [1.54, 1.807) is 5.56 Å². The Labute approximate surface area is 388 Å². The van der Waals surface area contributed by atoms with Crippen molar-refractivity contribution in [1.82, 2.24) is 19.5 Å². The van der Waals surface area contributed by atoms with Crippen molar-refractivity contribution in [2.24, 2.45) is 35.5 Å². The first-order valence-corrected chi connectivity index (χ1v) is 25.0. The zero-order valence-electron chi connectivity index (χ0n) is 37.9. The van der Waals surface area contributed by atoms with Crippen molar-refractivity contribution in [1.29, 1.82) is 5.26 Å². The van der Waals surface area contributed by atoms with Gasteiger partial charge in [0.15, 0.2) is 17.5 Å². The van der Waals surface area contributed by atoms with Crippen molar-refractivity contribution in [2.75, 3.05) is 0 Å². The molecule has 66 heavy (non-hydrogen) atoms. The van der Waals surface area contributed by atoms with E-state index in [0.717, 1.165) is 79.7 Å². The van der Waals surface area contributed by atoms with E-state index < -0.39 is 0 Å². The molecule has 0 atom stereocenters. The summed E-state index contributed by atoms with van der Waals surface area (Å²) in [4.78, 5) is 16.0. The first-order chi connectivity index (χ1) is 32.3. The lowest BCUT2D eigenvalue weighted by molar-refractivity contribution is -0.00550. The van der Waals surface area contributed by atoms with Crippen molar-refractivity contribution < 1.29 is 0 Å². The molecule has 5 heteroatoms. The highest BCUT2D eigenvalue weighted by Gasteiger charge is 2.53. The summed E-state index contributed by atoms with van der Waals surface area (Å²) in [6.45, 7) is 2.36. The molecule has 8 fully saturated rings. The van der Waals surface area contributed by atoms with Crippen LogP contribution >= 0.6 is 0 Å². The fraction of sp³-hybridized carbons (Fsp3) is 0.344. The van der Waals surface area contributed by atoms with Crippen LogP contribution in [0.25, 0.3) is 72.8 Å². The highest BCUT2D eigenvalue weighted by molar-refractivity contribution is 6.10. The molecule has 0 N–H and O–H groups in total. The van der Waals surface area contributed by atoms with Gasteiger partial charge in [-0.2, -0.15) is 5.26 Å². The number of aryl methyl sites for hydroxylation is 1. The monoisotopic (exact) mass is 857 g/mol. The van der Waals surface area contributed by atoms with Crippen LogP contribution in [0.4, 0.5) is 0 Å². The molecule has 0 radical (unpaired) electrons. The number of hydrogen-bond acceptors (Lipinski definition) is 4. The zero-order chi connectivity index (χ0) is 43.7. The molecular weight excluding hydrogens is 803 g/mol. The van der Waals surface area contributed by atoms with E-state index in [1.165, 1.54) is 99.3 Å². The Morgan fingerprint density at radius 3 is 1.58 bits per heavy atom. The molecule has 5 nitrogen and oxygen atoms in total. The summed E-state index contributed by atoms with van der Waals surface area (Å²) in [5, 5.41) is 12.1. The molecule has 8 saturated carbocycles. The second-order valence-electron chi connectivity index (χ2n) is 22.1. The molecule has 0 unspecified atom stereocenters. The van der Waals surface area contributed by atoms with Crippen LogP contribution in [0.2, 0.25) is 0 Å². The van der Waals surface area contributed by atoms with Gasteiger partial charge in [0.25, 0.3) is 0 Å². The number of nitrogens with zero attached hydrogens (tertiary/aromatic N) is 5. The van der Waals surface area contributed by atoms with Crippen molar-refractivity contribution >= 4 is 21.8 Å². The maximum absolute atomic E-state index is 9.91. The van der Waals surface area contributed by atoms with Crippen LogP contribution in [-0.2, 0) is 10.8 Å². The number of rotatable bonds is 7. The second kappa shape index (κ2) is 14.6. The van der Waals surface area contributed by atoms with E-state index in [4.69, 9.17) is 15.0 Å². The van der Waals surface area contributed by atoms with Gasteiger partial charge in [0.1, 0.15) is 0 Å². The summed E-state index contributed by atoms with van der Waals surface area (Å²) in [7, 11) is 0. The Morgan fingerprint density at radius 1 is 0.470 bits per heavy atom. The number of benzene rings is 6. The first-order valence-electron chi connectivity index (χ1n) is 25.0. The molecule has 0 aliphatic heterocycles. The lowest BCUT2D eigenvalue weighted by Crippen LogP contribution is -2.48. The third-order valence-electron chi connectivity index (χ3n) is 17.9. The highest BCUT2D eigenvalue weighted by Crippen LogP contribution is 2.62. The van der Waals surface area contributed by atoms with Crippen LogP contribution in [0, 0.1) is 53.8 Å². The minimum Gasteiger partial charge on any atom is -0.309 e.